The fourth-order valence-electron chi connectivity index (χ4n) is 4.01. The molecular weight excluding hydrogens is 469 g/mol. The van der Waals surface area contributed by atoms with Crippen molar-refractivity contribution in [2.45, 2.75) is 44.5 Å². The highest BCUT2D eigenvalue weighted by molar-refractivity contribution is 7.81. The van der Waals surface area contributed by atoms with Gasteiger partial charge in [-0.25, -0.2) is 9.97 Å². The van der Waals surface area contributed by atoms with Gasteiger partial charge < -0.3 is 15.0 Å². The molecule has 178 valence electrons. The highest BCUT2D eigenvalue weighted by Gasteiger charge is 2.51. The predicted molar refractivity (Wildman–Crippen MR) is 121 cm³/mol. The molecule has 1 N–H and O–H groups in total. The summed E-state index contributed by atoms with van der Waals surface area (Å²) in [6.07, 6.45) is -0.154. The molecule has 3 heterocycles. The summed E-state index contributed by atoms with van der Waals surface area (Å²) in [5.74, 6) is -0.523. The zero-order chi connectivity index (χ0) is 24.7. The Kier molecular flexibility index (Phi) is 6.18. The van der Waals surface area contributed by atoms with Gasteiger partial charge in [0.1, 0.15) is 11.6 Å². The molecule has 1 aromatic carbocycles. The van der Waals surface area contributed by atoms with Crippen molar-refractivity contribution in [3.8, 4) is 12.1 Å². The smallest absolute Gasteiger partial charge is 0.417 e. The van der Waals surface area contributed by atoms with Gasteiger partial charge in [0.25, 0.3) is 5.91 Å². The molecule has 1 aromatic heterocycles. The molecule has 1 amide bonds. The number of rotatable bonds is 4. The van der Waals surface area contributed by atoms with Crippen LogP contribution in [0.5, 0.6) is 6.01 Å². The number of piperidine rings is 1. The number of hydrogen-bond acceptors (Lipinski definition) is 7. The van der Waals surface area contributed by atoms with Crippen LogP contribution >= 0.6 is 12.2 Å². The van der Waals surface area contributed by atoms with Crippen LogP contribution in [0.1, 0.15) is 37.8 Å². The lowest BCUT2D eigenvalue weighted by Crippen LogP contribution is -2.44. The summed E-state index contributed by atoms with van der Waals surface area (Å²) in [5.41, 5.74) is -2.58. The number of hydrogen-bond donors (Lipinski definition) is 1. The van der Waals surface area contributed by atoms with Crippen LogP contribution in [0.2, 0.25) is 0 Å². The fourth-order valence-corrected chi connectivity index (χ4v) is 4.53. The van der Waals surface area contributed by atoms with Crippen LogP contribution in [0.15, 0.2) is 30.6 Å². The molecule has 0 spiro atoms. The van der Waals surface area contributed by atoms with Crippen LogP contribution < -0.4 is 19.9 Å². The van der Waals surface area contributed by atoms with Gasteiger partial charge in [-0.2, -0.15) is 18.4 Å². The van der Waals surface area contributed by atoms with Crippen LogP contribution in [0.3, 0.4) is 0 Å². The van der Waals surface area contributed by atoms with Crippen LogP contribution in [0.4, 0.5) is 24.5 Å². The second kappa shape index (κ2) is 8.81. The van der Waals surface area contributed by atoms with Crippen molar-refractivity contribution < 1.29 is 22.7 Å². The Hall–Kier alpha value is -3.30. The molecule has 0 saturated carbocycles. The standard InChI is InChI=1S/C22H21F3N6O2S/c1-21(2)18(32)30(14-4-3-13(10-26)17(9-14)22(23,24)25)20(34)31(21)15-11-28-19(29-12-15)33-16-5-7-27-8-6-16/h3-4,9,11-12,16,27H,5-8H2,1-2H3. The molecule has 0 radical (unpaired) electrons. The van der Waals surface area contributed by atoms with Crippen molar-refractivity contribution in [3.05, 3.63) is 41.7 Å². The second-order valence-electron chi connectivity index (χ2n) is 8.45. The summed E-state index contributed by atoms with van der Waals surface area (Å²) in [4.78, 5) is 24.2. The maximum Gasteiger partial charge on any atom is 0.417 e. The van der Waals surface area contributed by atoms with Gasteiger partial charge in [-0.1, -0.05) is 0 Å². The van der Waals surface area contributed by atoms with E-state index in [9.17, 15) is 18.0 Å². The number of nitrogens with zero attached hydrogens (tertiary/aromatic N) is 5. The minimum Gasteiger partial charge on any atom is -0.460 e. The topological polar surface area (TPSA) is 94.4 Å². The fraction of sp³-hybridized carbons (Fsp3) is 0.409. The van der Waals surface area contributed by atoms with Crippen molar-refractivity contribution in [3.63, 3.8) is 0 Å². The van der Waals surface area contributed by atoms with Gasteiger partial charge in [-0.05, 0) is 70.2 Å². The van der Waals surface area contributed by atoms with Crippen molar-refractivity contribution in [2.75, 3.05) is 22.9 Å². The number of carbonyl (C=O) groups is 1. The van der Waals surface area contributed by atoms with Gasteiger partial charge in [0.15, 0.2) is 5.11 Å². The first kappa shape index (κ1) is 23.8. The Morgan fingerprint density at radius 2 is 1.85 bits per heavy atom. The Morgan fingerprint density at radius 1 is 1.21 bits per heavy atom. The Balaban J connectivity index is 1.63. The third kappa shape index (κ3) is 4.28. The number of aromatic nitrogens is 2. The monoisotopic (exact) mass is 490 g/mol. The van der Waals surface area contributed by atoms with Crippen molar-refractivity contribution in [2.24, 2.45) is 0 Å². The number of ether oxygens (including phenoxy) is 1. The van der Waals surface area contributed by atoms with E-state index >= 15 is 0 Å². The average Bonchev–Trinajstić information content (AvgIpc) is 2.98. The van der Waals surface area contributed by atoms with E-state index in [-0.39, 0.29) is 22.9 Å². The average molecular weight is 491 g/mol. The van der Waals surface area contributed by atoms with E-state index in [0.29, 0.717) is 5.69 Å². The molecular formula is C22H21F3N6O2S. The molecule has 0 atom stereocenters. The highest BCUT2D eigenvalue weighted by atomic mass is 32.1. The summed E-state index contributed by atoms with van der Waals surface area (Å²) in [7, 11) is 0. The van der Waals surface area contributed by atoms with Crippen molar-refractivity contribution in [1.82, 2.24) is 15.3 Å². The van der Waals surface area contributed by atoms with Crippen LogP contribution in [-0.2, 0) is 11.0 Å². The molecule has 2 aliphatic heterocycles. The van der Waals surface area contributed by atoms with E-state index in [1.807, 2.05) is 0 Å². The number of anilines is 2. The first-order valence-corrected chi connectivity index (χ1v) is 10.9. The van der Waals surface area contributed by atoms with Crippen LogP contribution in [0.25, 0.3) is 0 Å². The van der Waals surface area contributed by atoms with Gasteiger partial charge >= 0.3 is 12.2 Å². The first-order chi connectivity index (χ1) is 16.0. The van der Waals surface area contributed by atoms with E-state index in [1.165, 1.54) is 29.4 Å². The third-order valence-corrected chi connectivity index (χ3v) is 6.15. The predicted octanol–water partition coefficient (Wildman–Crippen LogP) is 3.41. The van der Waals surface area contributed by atoms with E-state index in [0.717, 1.165) is 43.0 Å². The van der Waals surface area contributed by atoms with Crippen molar-refractivity contribution >= 4 is 34.6 Å². The number of halogens is 3. The number of benzene rings is 1. The van der Waals surface area contributed by atoms with E-state index < -0.39 is 28.7 Å². The lowest BCUT2D eigenvalue weighted by Gasteiger charge is -2.29. The Morgan fingerprint density at radius 3 is 2.44 bits per heavy atom. The summed E-state index contributed by atoms with van der Waals surface area (Å²) in [5, 5.41) is 12.3. The summed E-state index contributed by atoms with van der Waals surface area (Å²) < 4.78 is 46.2. The molecule has 2 fully saturated rings. The molecule has 0 unspecified atom stereocenters. The summed E-state index contributed by atoms with van der Waals surface area (Å²) in [6.45, 7) is 4.91. The molecule has 0 aliphatic carbocycles. The number of carbonyl (C=O) groups excluding carboxylic acids is 1. The van der Waals surface area contributed by atoms with Gasteiger partial charge in [0.05, 0.1) is 41.0 Å². The largest absolute Gasteiger partial charge is 0.460 e. The lowest BCUT2D eigenvalue weighted by atomic mass is 10.0. The molecule has 0 bridgehead atoms. The lowest BCUT2D eigenvalue weighted by molar-refractivity contribution is -0.137. The first-order valence-electron chi connectivity index (χ1n) is 10.5. The normalized spacial score (nSPS) is 18.8. The zero-order valence-corrected chi connectivity index (χ0v) is 19.2. The van der Waals surface area contributed by atoms with Gasteiger partial charge in [-0.3, -0.25) is 9.69 Å². The molecule has 2 aromatic rings. The van der Waals surface area contributed by atoms with Crippen LogP contribution in [0, 0.1) is 11.3 Å². The maximum absolute atomic E-state index is 13.5. The second-order valence-corrected chi connectivity index (χ2v) is 8.81. The molecule has 4 rings (SSSR count). The summed E-state index contributed by atoms with van der Waals surface area (Å²) >= 11 is 5.50. The molecule has 34 heavy (non-hydrogen) atoms. The van der Waals surface area contributed by atoms with E-state index in [4.69, 9.17) is 22.2 Å². The van der Waals surface area contributed by atoms with Gasteiger partial charge in [0.2, 0.25) is 0 Å². The quantitative estimate of drug-likeness (QED) is 0.652. The maximum atomic E-state index is 13.5. The number of nitrogens with one attached hydrogen (secondary N) is 1. The van der Waals surface area contributed by atoms with E-state index in [2.05, 4.69) is 15.3 Å². The minimum absolute atomic E-state index is 0.00711. The van der Waals surface area contributed by atoms with Crippen LogP contribution in [-0.4, -0.2) is 45.7 Å². The number of amides is 1. The highest BCUT2D eigenvalue weighted by Crippen LogP contribution is 2.39. The third-order valence-electron chi connectivity index (χ3n) is 5.79. The number of thiocarbonyl (C=S) groups is 1. The Bertz CT molecular complexity index is 1160. The zero-order valence-electron chi connectivity index (χ0n) is 18.4. The van der Waals surface area contributed by atoms with Gasteiger partial charge in [-0.15, -0.1) is 0 Å². The molecule has 12 heteroatoms. The molecule has 2 aliphatic rings. The van der Waals surface area contributed by atoms with Crippen molar-refractivity contribution in [1.29, 1.82) is 5.26 Å². The van der Waals surface area contributed by atoms with Gasteiger partial charge in [0, 0.05) is 0 Å². The van der Waals surface area contributed by atoms with E-state index in [1.54, 1.807) is 13.8 Å². The Labute approximate surface area is 199 Å². The minimum atomic E-state index is -4.77. The molecule has 8 nitrogen and oxygen atoms in total. The summed E-state index contributed by atoms with van der Waals surface area (Å²) in [6, 6.07) is 4.78. The SMILES string of the molecule is CC1(C)C(=O)N(c2ccc(C#N)c(C(F)(F)F)c2)C(=S)N1c1cnc(OC2CCNCC2)nc1. The molecule has 2 saturated heterocycles. The number of nitriles is 1. The number of alkyl halides is 3.